The summed E-state index contributed by atoms with van der Waals surface area (Å²) in [6, 6.07) is 0.162. The summed E-state index contributed by atoms with van der Waals surface area (Å²) in [5.74, 6) is -1.05. The number of thioether (sulfide) groups is 1. The fourth-order valence-corrected chi connectivity index (χ4v) is 3.25. The van der Waals surface area contributed by atoms with E-state index in [0.717, 1.165) is 4.90 Å². The number of pyridine rings is 1. The van der Waals surface area contributed by atoms with Crippen molar-refractivity contribution in [1.82, 2.24) is 9.88 Å². The molecule has 21 heavy (non-hydrogen) atoms. The topological polar surface area (TPSA) is 114 Å². The van der Waals surface area contributed by atoms with Crippen molar-refractivity contribution in [3.05, 3.63) is 33.1 Å². The summed E-state index contributed by atoms with van der Waals surface area (Å²) in [4.78, 5) is 38.6. The number of halogens is 1. The third kappa shape index (κ3) is 3.08. The Labute approximate surface area is 128 Å². The zero-order chi connectivity index (χ0) is 15.6. The van der Waals surface area contributed by atoms with Gasteiger partial charge < -0.3 is 10.0 Å². The number of aromatic nitrogens is 1. The number of hydrogen-bond acceptors (Lipinski definition) is 6. The van der Waals surface area contributed by atoms with E-state index in [4.69, 9.17) is 16.7 Å². The summed E-state index contributed by atoms with van der Waals surface area (Å²) >= 11 is 7.08. The number of nitrogens with zero attached hydrogens (tertiary/aromatic N) is 3. The number of carboxylic acids is 1. The first-order chi connectivity index (χ1) is 9.93. The predicted octanol–water partition coefficient (Wildman–Crippen LogP) is 1.29. The maximum atomic E-state index is 12.5. The van der Waals surface area contributed by atoms with Gasteiger partial charge >= 0.3 is 11.7 Å². The Morgan fingerprint density at radius 1 is 1.57 bits per heavy atom. The molecule has 0 saturated carbocycles. The summed E-state index contributed by atoms with van der Waals surface area (Å²) < 4.78 is 0. The van der Waals surface area contributed by atoms with E-state index in [-0.39, 0.29) is 17.9 Å². The van der Waals surface area contributed by atoms with Crippen LogP contribution in [-0.4, -0.2) is 55.9 Å². The predicted molar refractivity (Wildman–Crippen MR) is 75.7 cm³/mol. The Kier molecular flexibility index (Phi) is 4.63. The zero-order valence-corrected chi connectivity index (χ0v) is 12.1. The fraction of sp³-hybridized carbons (Fsp3) is 0.364. The summed E-state index contributed by atoms with van der Waals surface area (Å²) in [5.41, 5.74) is -0.857. The molecule has 1 aromatic heterocycles. The van der Waals surface area contributed by atoms with Crippen molar-refractivity contribution in [3.63, 3.8) is 0 Å². The van der Waals surface area contributed by atoms with Gasteiger partial charge in [-0.2, -0.15) is 11.8 Å². The van der Waals surface area contributed by atoms with E-state index in [2.05, 4.69) is 4.98 Å². The van der Waals surface area contributed by atoms with Gasteiger partial charge in [-0.15, -0.1) is 0 Å². The number of aliphatic carboxylic acids is 1. The van der Waals surface area contributed by atoms with Crippen molar-refractivity contribution in [1.29, 1.82) is 0 Å². The van der Waals surface area contributed by atoms with E-state index in [1.54, 1.807) is 0 Å². The van der Waals surface area contributed by atoms with Crippen LogP contribution in [0.4, 0.5) is 5.69 Å². The molecule has 2 rings (SSSR count). The molecule has 1 saturated heterocycles. The van der Waals surface area contributed by atoms with Crippen LogP contribution in [0.3, 0.4) is 0 Å². The minimum absolute atomic E-state index is 0.206. The smallest absolute Gasteiger partial charge is 0.327 e. The average molecular weight is 332 g/mol. The van der Waals surface area contributed by atoms with E-state index in [0.29, 0.717) is 5.75 Å². The molecular weight excluding hydrogens is 322 g/mol. The van der Waals surface area contributed by atoms with Crippen LogP contribution >= 0.6 is 23.4 Å². The SMILES string of the molecule is O=C(O)C1CSCCN1C(=O)c1ccnc(Cl)c1[N+](=O)[O-]. The molecule has 2 heterocycles. The molecule has 1 aliphatic heterocycles. The number of carbonyl (C=O) groups excluding carboxylic acids is 1. The van der Waals surface area contributed by atoms with E-state index in [1.165, 1.54) is 24.0 Å². The lowest BCUT2D eigenvalue weighted by molar-refractivity contribution is -0.385. The van der Waals surface area contributed by atoms with Crippen LogP contribution < -0.4 is 0 Å². The Bertz CT molecular complexity index is 612. The van der Waals surface area contributed by atoms with Crippen LogP contribution in [-0.2, 0) is 4.79 Å². The second-order valence-corrected chi connectivity index (χ2v) is 5.69. The molecule has 0 bridgehead atoms. The lowest BCUT2D eigenvalue weighted by Crippen LogP contribution is -2.50. The lowest BCUT2D eigenvalue weighted by atomic mass is 10.1. The van der Waals surface area contributed by atoms with Gasteiger partial charge in [0.15, 0.2) is 0 Å². The highest BCUT2D eigenvalue weighted by atomic mass is 35.5. The van der Waals surface area contributed by atoms with Gasteiger partial charge in [0.2, 0.25) is 5.15 Å². The van der Waals surface area contributed by atoms with Crippen molar-refractivity contribution in [3.8, 4) is 0 Å². The fourth-order valence-electron chi connectivity index (χ4n) is 1.98. The number of nitro groups is 1. The maximum absolute atomic E-state index is 12.5. The first-order valence-electron chi connectivity index (χ1n) is 5.84. The minimum atomic E-state index is -1.14. The van der Waals surface area contributed by atoms with Gasteiger partial charge in [-0.1, -0.05) is 11.6 Å². The summed E-state index contributed by atoms with van der Waals surface area (Å²) in [6.07, 6.45) is 1.18. The van der Waals surface area contributed by atoms with Gasteiger partial charge in [0.05, 0.1) is 4.92 Å². The van der Waals surface area contributed by atoms with E-state index < -0.39 is 33.7 Å². The molecule has 0 aromatic carbocycles. The molecule has 0 radical (unpaired) electrons. The first kappa shape index (κ1) is 15.5. The molecule has 8 nitrogen and oxygen atoms in total. The van der Waals surface area contributed by atoms with Crippen LogP contribution in [0.2, 0.25) is 5.15 Å². The molecule has 1 fully saturated rings. The minimum Gasteiger partial charge on any atom is -0.480 e. The summed E-state index contributed by atoms with van der Waals surface area (Å²) in [7, 11) is 0. The third-order valence-electron chi connectivity index (χ3n) is 2.97. The van der Waals surface area contributed by atoms with Gasteiger partial charge in [0.25, 0.3) is 5.91 Å². The Morgan fingerprint density at radius 2 is 2.29 bits per heavy atom. The number of rotatable bonds is 3. The molecule has 112 valence electrons. The van der Waals surface area contributed by atoms with E-state index in [1.807, 2.05) is 0 Å². The second-order valence-electron chi connectivity index (χ2n) is 4.18. The van der Waals surface area contributed by atoms with Crippen LogP contribution in [0.5, 0.6) is 0 Å². The molecule has 1 atom stereocenters. The molecule has 1 unspecified atom stereocenters. The number of hydrogen-bond donors (Lipinski definition) is 1. The van der Waals surface area contributed by atoms with Crippen LogP contribution in [0.1, 0.15) is 10.4 Å². The van der Waals surface area contributed by atoms with Crippen molar-refractivity contribution in [2.45, 2.75) is 6.04 Å². The highest BCUT2D eigenvalue weighted by Gasteiger charge is 2.36. The summed E-state index contributed by atoms with van der Waals surface area (Å²) in [5, 5.41) is 19.8. The van der Waals surface area contributed by atoms with Crippen molar-refractivity contribution < 1.29 is 19.6 Å². The van der Waals surface area contributed by atoms with Gasteiger partial charge in [-0.3, -0.25) is 14.9 Å². The molecule has 0 aliphatic carbocycles. The van der Waals surface area contributed by atoms with Crippen LogP contribution in [0.15, 0.2) is 12.3 Å². The quantitative estimate of drug-likeness (QED) is 0.504. The Balaban J connectivity index is 2.42. The summed E-state index contributed by atoms with van der Waals surface area (Å²) in [6.45, 7) is 0.206. The Morgan fingerprint density at radius 3 is 2.90 bits per heavy atom. The number of carboxylic acid groups (broad SMARTS) is 1. The molecule has 1 amide bonds. The van der Waals surface area contributed by atoms with Gasteiger partial charge in [-0.05, 0) is 6.07 Å². The monoisotopic (exact) mass is 331 g/mol. The molecule has 1 N–H and O–H groups in total. The molecule has 1 aromatic rings. The van der Waals surface area contributed by atoms with Gasteiger partial charge in [0, 0.05) is 24.2 Å². The number of amides is 1. The average Bonchev–Trinajstić information content (AvgIpc) is 2.45. The van der Waals surface area contributed by atoms with Crippen molar-refractivity contribution >= 4 is 40.9 Å². The third-order valence-corrected chi connectivity index (χ3v) is 4.27. The highest BCUT2D eigenvalue weighted by Crippen LogP contribution is 2.29. The zero-order valence-electron chi connectivity index (χ0n) is 10.6. The van der Waals surface area contributed by atoms with Gasteiger partial charge in [0.1, 0.15) is 11.6 Å². The lowest BCUT2D eigenvalue weighted by Gasteiger charge is -2.32. The Hall–Kier alpha value is -1.87. The molecule has 1 aliphatic rings. The van der Waals surface area contributed by atoms with Crippen molar-refractivity contribution in [2.24, 2.45) is 0 Å². The molecular formula is C11H10ClN3O5S. The molecule has 0 spiro atoms. The second kappa shape index (κ2) is 6.27. The van der Waals surface area contributed by atoms with E-state index >= 15 is 0 Å². The molecule has 10 heteroatoms. The standard InChI is InChI=1S/C11H10ClN3O5S/c12-9-8(15(19)20)6(1-2-13-9)10(16)14-3-4-21-5-7(14)11(17)18/h1-2,7H,3-5H2,(H,17,18). The largest absolute Gasteiger partial charge is 0.480 e. The van der Waals surface area contributed by atoms with Crippen LogP contribution in [0.25, 0.3) is 0 Å². The van der Waals surface area contributed by atoms with Crippen LogP contribution in [0, 0.1) is 10.1 Å². The van der Waals surface area contributed by atoms with Crippen molar-refractivity contribution in [2.75, 3.05) is 18.1 Å². The normalized spacial score (nSPS) is 18.3. The van der Waals surface area contributed by atoms with E-state index in [9.17, 15) is 19.7 Å². The van der Waals surface area contributed by atoms with Gasteiger partial charge in [-0.25, -0.2) is 9.78 Å². The first-order valence-corrected chi connectivity index (χ1v) is 7.37. The number of carbonyl (C=O) groups is 2. The maximum Gasteiger partial charge on any atom is 0.327 e. The highest BCUT2D eigenvalue weighted by molar-refractivity contribution is 7.99.